The number of carbonyl (C=O) groups excluding carboxylic acids is 1. The van der Waals surface area contributed by atoms with Crippen molar-refractivity contribution in [1.82, 2.24) is 15.3 Å². The van der Waals surface area contributed by atoms with Crippen LogP contribution in [0.1, 0.15) is 26.0 Å². The first-order valence-electron chi connectivity index (χ1n) is 7.52. The Morgan fingerprint density at radius 2 is 2.27 bits per heavy atom. The van der Waals surface area contributed by atoms with Gasteiger partial charge in [-0.15, -0.1) is 0 Å². The maximum Gasteiger partial charge on any atom is 0.323 e. The van der Waals surface area contributed by atoms with E-state index in [0.29, 0.717) is 32.6 Å². The zero-order valence-corrected chi connectivity index (χ0v) is 13.4. The van der Waals surface area contributed by atoms with Gasteiger partial charge in [-0.25, -0.2) is 4.98 Å². The van der Waals surface area contributed by atoms with Crippen LogP contribution in [0.25, 0.3) is 0 Å². The summed E-state index contributed by atoms with van der Waals surface area (Å²) in [5, 5.41) is 3.19. The summed E-state index contributed by atoms with van der Waals surface area (Å²) in [5.41, 5.74) is 0.953. The fourth-order valence-electron chi connectivity index (χ4n) is 2.27. The van der Waals surface area contributed by atoms with Crippen LogP contribution in [0.5, 0.6) is 0 Å². The molecule has 0 radical (unpaired) electrons. The zero-order valence-electron chi connectivity index (χ0n) is 13.4. The van der Waals surface area contributed by atoms with Crippen LogP contribution < -0.4 is 5.32 Å². The Hall–Kier alpha value is -1.44. The molecule has 1 aliphatic heterocycles. The number of aromatic nitrogens is 2. The summed E-state index contributed by atoms with van der Waals surface area (Å²) >= 11 is 0. The van der Waals surface area contributed by atoms with Crippen molar-refractivity contribution in [2.75, 3.05) is 26.9 Å². The van der Waals surface area contributed by atoms with Gasteiger partial charge in [0, 0.05) is 36.7 Å². The average Bonchev–Trinajstić information content (AvgIpc) is 3.00. The molecule has 7 heteroatoms. The van der Waals surface area contributed by atoms with Gasteiger partial charge >= 0.3 is 5.97 Å². The van der Waals surface area contributed by atoms with Crippen LogP contribution in [-0.2, 0) is 25.4 Å². The number of nitrogens with zero attached hydrogens (tertiary/aromatic N) is 1. The van der Waals surface area contributed by atoms with Crippen LogP contribution in [0.4, 0.5) is 0 Å². The van der Waals surface area contributed by atoms with Crippen LogP contribution >= 0.6 is 0 Å². The van der Waals surface area contributed by atoms with E-state index in [-0.39, 0.29) is 17.7 Å². The van der Waals surface area contributed by atoms with Crippen molar-refractivity contribution in [2.24, 2.45) is 5.41 Å². The Morgan fingerprint density at radius 3 is 2.86 bits per heavy atom. The molecule has 1 fully saturated rings. The second-order valence-corrected chi connectivity index (χ2v) is 6.32. The zero-order chi connectivity index (χ0) is 16.0. The second kappa shape index (κ2) is 7.71. The van der Waals surface area contributed by atoms with Gasteiger partial charge in [0.15, 0.2) is 6.29 Å². The number of esters is 1. The minimum absolute atomic E-state index is 0.0685. The number of methoxy groups -OCH3 is 1. The number of aromatic amines is 1. The maximum atomic E-state index is 11.8. The minimum atomic E-state index is -0.412. The average molecular weight is 311 g/mol. The topological polar surface area (TPSA) is 85.5 Å². The van der Waals surface area contributed by atoms with Crippen LogP contribution in [0, 0.1) is 5.41 Å². The standard InChI is InChI=1S/C15H25N3O4/c1-15(2)8-21-13(22-9-15)4-5-17-12(14(19)20-3)6-11-7-16-10-18-11/h7,10,12-13,17H,4-6,8-9H2,1-3H3,(H,16,18). The first kappa shape index (κ1) is 16.9. The lowest BCUT2D eigenvalue weighted by atomic mass is 9.95. The SMILES string of the molecule is COC(=O)C(Cc1cnc[nH]1)NCCC1OCC(C)(C)CO1. The van der Waals surface area contributed by atoms with Crippen LogP contribution in [-0.4, -0.2) is 55.1 Å². The molecule has 0 aliphatic carbocycles. The lowest BCUT2D eigenvalue weighted by molar-refractivity contribution is -0.223. The smallest absolute Gasteiger partial charge is 0.323 e. The van der Waals surface area contributed by atoms with Crippen molar-refractivity contribution in [3.05, 3.63) is 18.2 Å². The normalized spacial score (nSPS) is 19.8. The van der Waals surface area contributed by atoms with Gasteiger partial charge in [-0.2, -0.15) is 0 Å². The van der Waals surface area contributed by atoms with Gasteiger partial charge in [-0.3, -0.25) is 4.79 Å². The third kappa shape index (κ3) is 5.08. The first-order chi connectivity index (χ1) is 10.5. The summed E-state index contributed by atoms with van der Waals surface area (Å²) in [4.78, 5) is 18.8. The lowest BCUT2D eigenvalue weighted by Crippen LogP contribution is -2.43. The summed E-state index contributed by atoms with van der Waals surface area (Å²) in [7, 11) is 1.39. The monoisotopic (exact) mass is 311 g/mol. The quantitative estimate of drug-likeness (QED) is 0.727. The Labute approximate surface area is 130 Å². The number of imidazole rings is 1. The van der Waals surface area contributed by atoms with Crippen molar-refractivity contribution in [1.29, 1.82) is 0 Å². The third-order valence-corrected chi connectivity index (χ3v) is 3.56. The van der Waals surface area contributed by atoms with Gasteiger partial charge in [-0.05, 0) is 0 Å². The molecule has 7 nitrogen and oxygen atoms in total. The van der Waals surface area contributed by atoms with Crippen LogP contribution in [0.15, 0.2) is 12.5 Å². The van der Waals surface area contributed by atoms with Gasteiger partial charge in [-0.1, -0.05) is 13.8 Å². The number of rotatable bonds is 7. The fraction of sp³-hybridized carbons (Fsp3) is 0.733. The molecule has 1 aromatic rings. The molecule has 2 rings (SSSR count). The van der Waals surface area contributed by atoms with Crippen LogP contribution in [0.3, 0.4) is 0 Å². The Balaban J connectivity index is 1.75. The highest BCUT2D eigenvalue weighted by molar-refractivity contribution is 5.75. The lowest BCUT2D eigenvalue weighted by Gasteiger charge is -2.34. The number of hydrogen-bond donors (Lipinski definition) is 2. The van der Waals surface area contributed by atoms with Gasteiger partial charge in [0.05, 0.1) is 26.7 Å². The van der Waals surface area contributed by atoms with E-state index in [1.54, 1.807) is 12.5 Å². The maximum absolute atomic E-state index is 11.8. The molecule has 0 amide bonds. The fourth-order valence-corrected chi connectivity index (χ4v) is 2.27. The van der Waals surface area contributed by atoms with Gasteiger partial charge in [0.1, 0.15) is 6.04 Å². The van der Waals surface area contributed by atoms with E-state index in [1.165, 1.54) is 7.11 Å². The molecule has 124 valence electrons. The van der Waals surface area contributed by atoms with E-state index >= 15 is 0 Å². The molecular formula is C15H25N3O4. The number of hydrogen-bond acceptors (Lipinski definition) is 6. The number of nitrogens with one attached hydrogen (secondary N) is 2. The number of H-pyrrole nitrogens is 1. The minimum Gasteiger partial charge on any atom is -0.468 e. The van der Waals surface area contributed by atoms with Gasteiger partial charge in [0.25, 0.3) is 0 Å². The van der Waals surface area contributed by atoms with Gasteiger partial charge < -0.3 is 24.5 Å². The molecule has 2 heterocycles. The van der Waals surface area contributed by atoms with Crippen molar-refractivity contribution in [3.63, 3.8) is 0 Å². The van der Waals surface area contributed by atoms with E-state index in [4.69, 9.17) is 14.2 Å². The largest absolute Gasteiger partial charge is 0.468 e. The van der Waals surface area contributed by atoms with E-state index in [9.17, 15) is 4.79 Å². The molecule has 1 aliphatic rings. The summed E-state index contributed by atoms with van der Waals surface area (Å²) in [6, 6.07) is -0.412. The first-order valence-corrected chi connectivity index (χ1v) is 7.52. The molecule has 2 N–H and O–H groups in total. The number of ether oxygens (including phenoxy) is 3. The second-order valence-electron chi connectivity index (χ2n) is 6.32. The van der Waals surface area contributed by atoms with Crippen molar-refractivity contribution in [3.8, 4) is 0 Å². The van der Waals surface area contributed by atoms with E-state index < -0.39 is 6.04 Å². The molecule has 1 atom stereocenters. The third-order valence-electron chi connectivity index (χ3n) is 3.56. The summed E-state index contributed by atoms with van der Waals surface area (Å²) in [6.07, 6.45) is 4.27. The van der Waals surface area contributed by atoms with E-state index in [1.807, 2.05) is 0 Å². The predicted octanol–water partition coefficient (Wildman–Crippen LogP) is 0.873. The highest BCUT2D eigenvalue weighted by atomic mass is 16.7. The molecule has 1 saturated heterocycles. The highest BCUT2D eigenvalue weighted by Crippen LogP contribution is 2.23. The molecule has 22 heavy (non-hydrogen) atoms. The van der Waals surface area contributed by atoms with Crippen molar-refractivity contribution < 1.29 is 19.0 Å². The predicted molar refractivity (Wildman–Crippen MR) is 80.2 cm³/mol. The molecule has 1 aromatic heterocycles. The van der Waals surface area contributed by atoms with Gasteiger partial charge in [0.2, 0.25) is 0 Å². The Bertz CT molecular complexity index is 451. The Morgan fingerprint density at radius 1 is 1.55 bits per heavy atom. The van der Waals surface area contributed by atoms with Crippen LogP contribution in [0.2, 0.25) is 0 Å². The van der Waals surface area contributed by atoms with Crippen molar-refractivity contribution >= 4 is 5.97 Å². The molecule has 0 spiro atoms. The molecule has 0 aromatic carbocycles. The molecule has 0 saturated carbocycles. The Kier molecular flexibility index (Phi) is 5.93. The number of carbonyl (C=O) groups is 1. The molecule has 1 unspecified atom stereocenters. The highest BCUT2D eigenvalue weighted by Gasteiger charge is 2.28. The summed E-state index contributed by atoms with van der Waals surface area (Å²) in [6.45, 7) is 6.20. The van der Waals surface area contributed by atoms with E-state index in [2.05, 4.69) is 29.1 Å². The summed E-state index contributed by atoms with van der Waals surface area (Å²) in [5.74, 6) is -0.291. The molecule has 0 bridgehead atoms. The molecular weight excluding hydrogens is 286 g/mol. The summed E-state index contributed by atoms with van der Waals surface area (Å²) < 4.78 is 16.2. The van der Waals surface area contributed by atoms with E-state index in [0.717, 1.165) is 5.69 Å². The van der Waals surface area contributed by atoms with Crippen molar-refractivity contribution in [2.45, 2.75) is 39.0 Å².